The highest BCUT2D eigenvalue weighted by Gasteiger charge is 2.29. The first kappa shape index (κ1) is 35.6. The summed E-state index contributed by atoms with van der Waals surface area (Å²) in [6.07, 6.45) is 0.447. The minimum atomic E-state index is -0.301. The third kappa shape index (κ3) is 13.6. The third-order valence-electron chi connectivity index (χ3n) is 7.51. The Morgan fingerprint density at radius 3 is 2.47 bits per heavy atom. The van der Waals surface area contributed by atoms with E-state index in [2.05, 4.69) is 57.7 Å². The second-order valence-corrected chi connectivity index (χ2v) is 13.1. The molecule has 3 unspecified atom stereocenters. The molecule has 3 aliphatic heterocycles. The molecule has 14 nitrogen and oxygen atoms in total. The number of amides is 3. The van der Waals surface area contributed by atoms with Crippen LogP contribution >= 0.6 is 11.8 Å². The standard InChI is InChI=1S/C30H52N8O6S/c1-23(2)20-42-16-14-41-15-17-43-21-26-19-38(35-34-26)12-13-44-27-6-4-24(5-7-27)31-29(40)33-30-32-25(22-45-30)18-28(39)37-10-8-36(3)9-11-37/h4-7,23,25-26,30,32,34-35H,8-22H2,1-3H3,(H2,31,33,40). The number of carbonyl (C=O) groups is 2. The second kappa shape index (κ2) is 19.5. The zero-order chi connectivity index (χ0) is 31.9. The Balaban J connectivity index is 1.01. The summed E-state index contributed by atoms with van der Waals surface area (Å²) in [6, 6.07) is 7.23. The first-order chi connectivity index (χ1) is 21.8. The number of likely N-dealkylation sites (N-methyl/N-ethyl adjacent to an activating group) is 1. The second-order valence-electron chi connectivity index (χ2n) is 12.0. The minimum Gasteiger partial charge on any atom is -0.492 e. The molecule has 3 amide bonds. The fraction of sp³-hybridized carbons (Fsp3) is 0.733. The summed E-state index contributed by atoms with van der Waals surface area (Å²) < 4.78 is 22.6. The fourth-order valence-corrected chi connectivity index (χ4v) is 6.10. The van der Waals surface area contributed by atoms with Gasteiger partial charge < -0.3 is 39.4 Å². The molecule has 15 heteroatoms. The average Bonchev–Trinajstić information content (AvgIpc) is 3.66. The van der Waals surface area contributed by atoms with Crippen LogP contribution in [0.4, 0.5) is 10.5 Å². The molecule has 3 saturated heterocycles. The molecule has 0 spiro atoms. The summed E-state index contributed by atoms with van der Waals surface area (Å²) in [5, 5.41) is 11.2. The van der Waals surface area contributed by atoms with E-state index in [1.54, 1.807) is 11.8 Å². The molecule has 254 valence electrons. The number of ether oxygens (including phenoxy) is 4. The Bertz CT molecular complexity index is 1020. The van der Waals surface area contributed by atoms with E-state index in [9.17, 15) is 9.59 Å². The van der Waals surface area contributed by atoms with Crippen molar-refractivity contribution in [2.24, 2.45) is 5.92 Å². The lowest BCUT2D eigenvalue weighted by atomic mass is 10.2. The predicted octanol–water partition coefficient (Wildman–Crippen LogP) is 0.739. The Hall–Kier alpha value is -2.21. The lowest BCUT2D eigenvalue weighted by molar-refractivity contribution is -0.133. The van der Waals surface area contributed by atoms with Gasteiger partial charge in [0.15, 0.2) is 0 Å². The van der Waals surface area contributed by atoms with Crippen molar-refractivity contribution in [3.63, 3.8) is 0 Å². The van der Waals surface area contributed by atoms with E-state index in [1.165, 1.54) is 0 Å². The van der Waals surface area contributed by atoms with Gasteiger partial charge in [0.25, 0.3) is 0 Å². The maximum Gasteiger partial charge on any atom is 0.321 e. The number of hydrogen-bond donors (Lipinski definition) is 5. The first-order valence-corrected chi connectivity index (χ1v) is 17.0. The number of rotatable bonds is 18. The fourth-order valence-electron chi connectivity index (χ4n) is 4.98. The van der Waals surface area contributed by atoms with Gasteiger partial charge in [-0.05, 0) is 37.2 Å². The van der Waals surface area contributed by atoms with E-state index in [-0.39, 0.29) is 29.5 Å². The summed E-state index contributed by atoms with van der Waals surface area (Å²) in [7, 11) is 2.08. The number of nitrogens with one attached hydrogen (secondary N) is 5. The van der Waals surface area contributed by atoms with Crippen LogP contribution in [-0.4, -0.2) is 143 Å². The summed E-state index contributed by atoms with van der Waals surface area (Å²) in [4.78, 5) is 29.3. The lowest BCUT2D eigenvalue weighted by Gasteiger charge is -2.33. The van der Waals surface area contributed by atoms with Crippen LogP contribution in [0.15, 0.2) is 24.3 Å². The van der Waals surface area contributed by atoms with Gasteiger partial charge in [0.05, 0.1) is 39.1 Å². The van der Waals surface area contributed by atoms with Gasteiger partial charge in [-0.25, -0.2) is 15.2 Å². The Morgan fingerprint density at radius 2 is 1.71 bits per heavy atom. The molecule has 1 aromatic carbocycles. The van der Waals surface area contributed by atoms with Crippen molar-refractivity contribution in [1.82, 2.24) is 36.4 Å². The normalized spacial score (nSPS) is 22.7. The molecule has 0 saturated carbocycles. The van der Waals surface area contributed by atoms with Crippen LogP contribution in [0, 0.1) is 5.92 Å². The Labute approximate surface area is 271 Å². The monoisotopic (exact) mass is 652 g/mol. The molecule has 3 atom stereocenters. The molecule has 0 radical (unpaired) electrons. The van der Waals surface area contributed by atoms with Crippen molar-refractivity contribution >= 4 is 29.4 Å². The molecule has 45 heavy (non-hydrogen) atoms. The lowest BCUT2D eigenvalue weighted by Crippen LogP contribution is -2.49. The van der Waals surface area contributed by atoms with Gasteiger partial charge in [-0.3, -0.25) is 10.1 Å². The number of piperazine rings is 1. The van der Waals surface area contributed by atoms with Gasteiger partial charge in [-0.2, -0.15) is 5.53 Å². The van der Waals surface area contributed by atoms with Gasteiger partial charge in [-0.1, -0.05) is 13.8 Å². The quantitative estimate of drug-likeness (QED) is 0.143. The van der Waals surface area contributed by atoms with Crippen molar-refractivity contribution in [2.45, 2.75) is 37.8 Å². The largest absolute Gasteiger partial charge is 0.492 e. The first-order valence-electron chi connectivity index (χ1n) is 16.0. The van der Waals surface area contributed by atoms with Gasteiger partial charge in [0.1, 0.15) is 17.9 Å². The minimum absolute atomic E-state index is 0.0463. The van der Waals surface area contributed by atoms with Gasteiger partial charge in [0.2, 0.25) is 5.91 Å². The zero-order valence-corrected chi connectivity index (χ0v) is 27.7. The molecule has 3 fully saturated rings. The van der Waals surface area contributed by atoms with E-state index in [4.69, 9.17) is 18.9 Å². The maximum atomic E-state index is 12.6. The number of urea groups is 1. The van der Waals surface area contributed by atoms with E-state index in [0.717, 1.165) is 50.8 Å². The molecular formula is C30H52N8O6S. The molecule has 3 heterocycles. The van der Waals surface area contributed by atoms with Crippen LogP contribution in [-0.2, 0) is 19.0 Å². The summed E-state index contributed by atoms with van der Waals surface area (Å²) in [5.41, 5.74) is 6.82. The number of carbonyl (C=O) groups excluding carboxylic acids is 2. The van der Waals surface area contributed by atoms with Crippen molar-refractivity contribution in [1.29, 1.82) is 0 Å². The van der Waals surface area contributed by atoms with Gasteiger partial charge >= 0.3 is 6.03 Å². The molecule has 0 aromatic heterocycles. The third-order valence-corrected chi connectivity index (χ3v) is 8.70. The van der Waals surface area contributed by atoms with E-state index in [0.29, 0.717) is 64.2 Å². The smallest absolute Gasteiger partial charge is 0.321 e. The summed E-state index contributed by atoms with van der Waals surface area (Å²) in [6.45, 7) is 13.3. The molecule has 3 aliphatic rings. The van der Waals surface area contributed by atoms with E-state index >= 15 is 0 Å². The molecule has 4 rings (SSSR count). The Kier molecular flexibility index (Phi) is 15.4. The highest BCUT2D eigenvalue weighted by atomic mass is 32.2. The number of hydrogen-bond acceptors (Lipinski definition) is 12. The summed E-state index contributed by atoms with van der Waals surface area (Å²) >= 11 is 1.60. The van der Waals surface area contributed by atoms with Crippen molar-refractivity contribution < 1.29 is 28.5 Å². The molecule has 0 aliphatic carbocycles. The predicted molar refractivity (Wildman–Crippen MR) is 175 cm³/mol. The molecule has 5 N–H and O–H groups in total. The number of thioether (sulfide) groups is 1. The van der Waals surface area contributed by atoms with E-state index in [1.807, 2.05) is 29.2 Å². The van der Waals surface area contributed by atoms with Crippen LogP contribution in [0.3, 0.4) is 0 Å². The van der Waals surface area contributed by atoms with E-state index < -0.39 is 0 Å². The van der Waals surface area contributed by atoms with Crippen LogP contribution in [0.1, 0.15) is 20.3 Å². The van der Waals surface area contributed by atoms with Crippen LogP contribution < -0.4 is 31.6 Å². The van der Waals surface area contributed by atoms with Crippen molar-refractivity contribution in [3.8, 4) is 5.75 Å². The number of anilines is 1. The molecule has 0 bridgehead atoms. The number of nitrogens with zero attached hydrogens (tertiary/aromatic N) is 3. The topological polar surface area (TPSA) is 141 Å². The van der Waals surface area contributed by atoms with Crippen LogP contribution in [0.25, 0.3) is 0 Å². The SMILES string of the molecule is CC(C)COCCOCCOCC1CN(CCOc2ccc(NC(=O)NC3NC(CC(=O)N4CCN(C)CC4)CS3)cc2)NN1. The highest BCUT2D eigenvalue weighted by Crippen LogP contribution is 2.20. The average molecular weight is 653 g/mol. The maximum absolute atomic E-state index is 12.6. The Morgan fingerprint density at radius 1 is 0.978 bits per heavy atom. The number of benzene rings is 1. The van der Waals surface area contributed by atoms with Gasteiger partial charge in [0, 0.05) is 69.8 Å². The van der Waals surface area contributed by atoms with Crippen molar-refractivity contribution in [3.05, 3.63) is 24.3 Å². The molecular weight excluding hydrogens is 600 g/mol. The van der Waals surface area contributed by atoms with Crippen LogP contribution in [0.5, 0.6) is 5.75 Å². The zero-order valence-electron chi connectivity index (χ0n) is 26.9. The summed E-state index contributed by atoms with van der Waals surface area (Å²) in [5.74, 6) is 2.21. The van der Waals surface area contributed by atoms with Gasteiger partial charge in [-0.15, -0.1) is 11.8 Å². The molecule has 1 aromatic rings. The highest BCUT2D eigenvalue weighted by molar-refractivity contribution is 8.00. The van der Waals surface area contributed by atoms with Crippen LogP contribution in [0.2, 0.25) is 0 Å². The van der Waals surface area contributed by atoms with Crippen molar-refractivity contribution in [2.75, 3.05) is 104 Å². The number of hydrazine groups is 2.